The third-order valence-electron chi connectivity index (χ3n) is 7.27. The van der Waals surface area contributed by atoms with Gasteiger partial charge in [-0.2, -0.15) is 0 Å². The molecule has 0 unspecified atom stereocenters. The summed E-state index contributed by atoms with van der Waals surface area (Å²) in [5, 5.41) is 22.2. The Labute approximate surface area is 223 Å². The Morgan fingerprint density at radius 3 is 1.61 bits per heavy atom. The van der Waals surface area contributed by atoms with Crippen LogP contribution in [0, 0.1) is 10.8 Å². The van der Waals surface area contributed by atoms with E-state index in [0.29, 0.717) is 17.7 Å². The van der Waals surface area contributed by atoms with Crippen molar-refractivity contribution in [1.82, 2.24) is 0 Å². The normalized spacial score (nSPS) is 13.3. The molecule has 208 valence electrons. The van der Waals surface area contributed by atoms with Crippen LogP contribution >= 0.6 is 0 Å². The van der Waals surface area contributed by atoms with Crippen molar-refractivity contribution in [3.63, 3.8) is 0 Å². The number of carboxylic acids is 1. The van der Waals surface area contributed by atoms with Crippen LogP contribution in [0.5, 0.6) is 5.75 Å². The minimum atomic E-state index is -0.884. The van der Waals surface area contributed by atoms with E-state index in [-0.39, 0.29) is 21.7 Å². The number of hydrogen-bond acceptors (Lipinski definition) is 2. The van der Waals surface area contributed by atoms with Crippen molar-refractivity contribution in [2.45, 2.75) is 158 Å². The number of aromatic carboxylic acids is 1. The topological polar surface area (TPSA) is 57.5 Å². The number of aromatic hydroxyl groups is 1. The number of carboxylic acid groups (broad SMARTS) is 1. The molecule has 0 aliphatic rings. The lowest BCUT2D eigenvalue weighted by Gasteiger charge is -2.39. The van der Waals surface area contributed by atoms with Crippen LogP contribution in [0.2, 0.25) is 0 Å². The van der Waals surface area contributed by atoms with Gasteiger partial charge in [-0.3, -0.25) is 0 Å². The molecule has 0 fully saturated rings. The Bertz CT molecular complexity index is 847. The number of rotatable bonds is 14. The first-order valence-electron chi connectivity index (χ1n) is 14.5. The molecule has 1 aromatic carbocycles. The fourth-order valence-corrected chi connectivity index (χ4v) is 6.68. The van der Waals surface area contributed by atoms with Crippen LogP contribution in [0.1, 0.15) is 167 Å². The van der Waals surface area contributed by atoms with Crippen LogP contribution in [0.3, 0.4) is 0 Å². The van der Waals surface area contributed by atoms with E-state index < -0.39 is 5.97 Å². The molecule has 1 rings (SSSR count). The average Bonchev–Trinajstić information content (AvgIpc) is 2.65. The number of carbonyl (C=O) groups is 1. The van der Waals surface area contributed by atoms with Gasteiger partial charge in [0.25, 0.3) is 0 Å². The van der Waals surface area contributed by atoms with Crippen molar-refractivity contribution in [2.24, 2.45) is 10.8 Å². The lowest BCUT2D eigenvalue weighted by Crippen LogP contribution is -2.30. The van der Waals surface area contributed by atoms with Gasteiger partial charge in [0.2, 0.25) is 0 Å². The van der Waals surface area contributed by atoms with E-state index in [1.54, 1.807) is 6.07 Å². The van der Waals surface area contributed by atoms with Gasteiger partial charge in [-0.1, -0.05) is 121 Å². The first-order valence-corrected chi connectivity index (χ1v) is 14.5. The highest BCUT2D eigenvalue weighted by atomic mass is 16.4. The van der Waals surface area contributed by atoms with Crippen molar-refractivity contribution in [3.8, 4) is 5.75 Å². The average molecular weight is 503 g/mol. The first-order chi connectivity index (χ1) is 16.3. The molecule has 3 nitrogen and oxygen atoms in total. The summed E-state index contributed by atoms with van der Waals surface area (Å²) in [5.74, 6) is -0.566. The van der Waals surface area contributed by atoms with Crippen LogP contribution in [0.4, 0.5) is 0 Å². The number of benzene rings is 1. The highest BCUT2D eigenvalue weighted by molar-refractivity contribution is 5.91. The van der Waals surface area contributed by atoms with E-state index in [4.69, 9.17) is 0 Å². The largest absolute Gasteiger partial charge is 0.507 e. The molecule has 1 aromatic rings. The van der Waals surface area contributed by atoms with Gasteiger partial charge in [-0.05, 0) is 59.0 Å². The molecule has 3 heteroatoms. The zero-order valence-corrected chi connectivity index (χ0v) is 25.7. The Morgan fingerprint density at radius 2 is 1.17 bits per heavy atom. The summed E-state index contributed by atoms with van der Waals surface area (Å²) in [6, 6.07) is 1.79. The SMILES string of the molecule is CCCCCCCCCCc1c(C(=O)O)cc(C(C)(C)CC(C)(C)C)c(O)c1C(C)(C)CC(C)(C)C. The predicted octanol–water partition coefficient (Wildman–Crippen LogP) is 10.2. The second-order valence-electron chi connectivity index (χ2n) is 14.9. The Hall–Kier alpha value is -1.51. The summed E-state index contributed by atoms with van der Waals surface area (Å²) < 4.78 is 0. The predicted molar refractivity (Wildman–Crippen MR) is 156 cm³/mol. The zero-order chi connectivity index (χ0) is 27.9. The molecule has 0 radical (unpaired) electrons. The maximum Gasteiger partial charge on any atom is 0.335 e. The van der Waals surface area contributed by atoms with E-state index in [1.807, 2.05) is 0 Å². The highest BCUT2D eigenvalue weighted by Gasteiger charge is 2.38. The maximum atomic E-state index is 12.6. The zero-order valence-electron chi connectivity index (χ0n) is 25.7. The van der Waals surface area contributed by atoms with Gasteiger partial charge in [-0.15, -0.1) is 0 Å². The third kappa shape index (κ3) is 10.1. The lowest BCUT2D eigenvalue weighted by atomic mass is 9.66. The molecular weight excluding hydrogens is 444 g/mol. The van der Waals surface area contributed by atoms with Gasteiger partial charge in [-0.25, -0.2) is 4.79 Å². The number of hydrogen-bond donors (Lipinski definition) is 2. The maximum absolute atomic E-state index is 12.6. The number of phenolic OH excluding ortho intramolecular Hbond substituents is 1. The third-order valence-corrected chi connectivity index (χ3v) is 7.27. The van der Waals surface area contributed by atoms with Gasteiger partial charge < -0.3 is 10.2 Å². The molecule has 36 heavy (non-hydrogen) atoms. The Balaban J connectivity index is 3.52. The monoisotopic (exact) mass is 502 g/mol. The Kier molecular flexibility index (Phi) is 11.6. The van der Waals surface area contributed by atoms with E-state index in [9.17, 15) is 15.0 Å². The minimum absolute atomic E-state index is 0.0476. The van der Waals surface area contributed by atoms with Gasteiger partial charge >= 0.3 is 5.97 Å². The second kappa shape index (κ2) is 12.8. The van der Waals surface area contributed by atoms with Crippen molar-refractivity contribution in [1.29, 1.82) is 0 Å². The number of phenols is 1. The molecule has 0 aliphatic carbocycles. The molecule has 0 aliphatic heterocycles. The molecule has 0 amide bonds. The fraction of sp³-hybridized carbons (Fsp3) is 0.788. The highest BCUT2D eigenvalue weighted by Crippen LogP contribution is 2.49. The second-order valence-corrected chi connectivity index (χ2v) is 14.9. The van der Waals surface area contributed by atoms with Crippen LogP contribution in [-0.2, 0) is 17.3 Å². The van der Waals surface area contributed by atoms with Gasteiger partial charge in [0.15, 0.2) is 0 Å². The summed E-state index contributed by atoms with van der Waals surface area (Å²) in [5.41, 5.74) is 2.25. The summed E-state index contributed by atoms with van der Waals surface area (Å²) in [6.45, 7) is 24.1. The molecule has 0 heterocycles. The van der Waals surface area contributed by atoms with Crippen LogP contribution < -0.4 is 0 Å². The molecule has 0 atom stereocenters. The Morgan fingerprint density at radius 1 is 0.722 bits per heavy atom. The molecule has 2 N–H and O–H groups in total. The number of unbranched alkanes of at least 4 members (excludes halogenated alkanes) is 7. The lowest BCUT2D eigenvalue weighted by molar-refractivity contribution is 0.0695. The molecule has 0 saturated heterocycles. The summed E-state index contributed by atoms with van der Waals surface area (Å²) >= 11 is 0. The molecule has 0 aromatic heterocycles. The van der Waals surface area contributed by atoms with Crippen LogP contribution in [0.25, 0.3) is 0 Å². The standard InChI is InChI=1S/C33H58O3/c1-12-13-14-15-16-17-18-19-20-24-25(29(35)36)21-26(32(8,9)22-30(2,3)4)28(34)27(24)33(10,11)23-31(5,6)7/h21,34H,12-20,22-23H2,1-11H3,(H,35,36). The van der Waals surface area contributed by atoms with E-state index >= 15 is 0 Å². The van der Waals surface area contributed by atoms with Crippen LogP contribution in [0.15, 0.2) is 6.07 Å². The van der Waals surface area contributed by atoms with Gasteiger partial charge in [0.1, 0.15) is 5.75 Å². The summed E-state index contributed by atoms with van der Waals surface area (Å²) in [4.78, 5) is 12.6. The summed E-state index contributed by atoms with van der Waals surface area (Å²) in [6.07, 6.45) is 12.1. The molecule has 0 spiro atoms. The first kappa shape index (κ1) is 32.5. The molecule has 0 saturated carbocycles. The molecule has 0 bridgehead atoms. The van der Waals surface area contributed by atoms with Crippen LogP contribution in [-0.4, -0.2) is 16.2 Å². The van der Waals surface area contributed by atoms with E-state index in [0.717, 1.165) is 42.4 Å². The fourth-order valence-electron chi connectivity index (χ4n) is 6.68. The van der Waals surface area contributed by atoms with Crippen molar-refractivity contribution in [3.05, 3.63) is 28.3 Å². The molecular formula is C33H58O3. The van der Waals surface area contributed by atoms with Crippen molar-refractivity contribution < 1.29 is 15.0 Å². The smallest absolute Gasteiger partial charge is 0.335 e. The van der Waals surface area contributed by atoms with Crippen molar-refractivity contribution >= 4 is 5.97 Å². The van der Waals surface area contributed by atoms with E-state index in [2.05, 4.69) is 76.2 Å². The quantitative estimate of drug-likeness (QED) is 0.249. The van der Waals surface area contributed by atoms with Gasteiger partial charge in [0, 0.05) is 11.1 Å². The minimum Gasteiger partial charge on any atom is -0.507 e. The van der Waals surface area contributed by atoms with Gasteiger partial charge in [0.05, 0.1) is 5.56 Å². The summed E-state index contributed by atoms with van der Waals surface area (Å²) in [7, 11) is 0. The van der Waals surface area contributed by atoms with Crippen molar-refractivity contribution in [2.75, 3.05) is 0 Å². The van der Waals surface area contributed by atoms with E-state index in [1.165, 1.54) is 38.5 Å².